The maximum absolute atomic E-state index is 12.4. The first-order valence-corrected chi connectivity index (χ1v) is 7.92. The van der Waals surface area contributed by atoms with Crippen molar-refractivity contribution in [1.82, 2.24) is 9.97 Å². The first-order chi connectivity index (χ1) is 12.1. The molecule has 0 fully saturated rings. The number of nitrogens with two attached hydrogens (primary N) is 1. The van der Waals surface area contributed by atoms with Crippen LogP contribution in [0.3, 0.4) is 0 Å². The van der Waals surface area contributed by atoms with Crippen molar-refractivity contribution in [3.8, 4) is 22.5 Å². The van der Waals surface area contributed by atoms with E-state index in [1.165, 1.54) is 0 Å². The van der Waals surface area contributed by atoms with Crippen molar-refractivity contribution >= 4 is 28.5 Å². The molecular formula is C19H12ClN3O2. The van der Waals surface area contributed by atoms with E-state index < -0.39 is 5.63 Å². The lowest BCUT2D eigenvalue weighted by molar-refractivity contribution is 0.563. The van der Waals surface area contributed by atoms with Crippen LogP contribution >= 0.6 is 11.6 Å². The molecule has 0 unspecified atom stereocenters. The molecule has 25 heavy (non-hydrogen) atoms. The van der Waals surface area contributed by atoms with Gasteiger partial charge in [0.05, 0.1) is 17.0 Å². The Morgan fingerprint density at radius 1 is 0.880 bits per heavy atom. The van der Waals surface area contributed by atoms with Gasteiger partial charge in [0.15, 0.2) is 0 Å². The van der Waals surface area contributed by atoms with Gasteiger partial charge in [0.25, 0.3) is 0 Å². The first-order valence-electron chi connectivity index (χ1n) is 7.54. The molecule has 4 rings (SSSR count). The Morgan fingerprint density at radius 3 is 2.36 bits per heavy atom. The SMILES string of the molecule is Nc1nc(-c2ccccc2Cl)cc(-c2cc3ccccc3oc2=O)n1. The number of hydrogen-bond acceptors (Lipinski definition) is 5. The van der Waals surface area contributed by atoms with E-state index in [0.717, 1.165) is 5.39 Å². The average Bonchev–Trinajstić information content (AvgIpc) is 2.61. The van der Waals surface area contributed by atoms with Crippen molar-refractivity contribution in [1.29, 1.82) is 0 Å². The number of rotatable bonds is 2. The smallest absolute Gasteiger partial charge is 0.345 e. The van der Waals surface area contributed by atoms with Crippen LogP contribution in [0, 0.1) is 0 Å². The maximum Gasteiger partial charge on any atom is 0.345 e. The second-order valence-corrected chi connectivity index (χ2v) is 5.87. The summed E-state index contributed by atoms with van der Waals surface area (Å²) in [7, 11) is 0. The van der Waals surface area contributed by atoms with Crippen LogP contribution in [-0.4, -0.2) is 9.97 Å². The third-order valence-corrected chi connectivity index (χ3v) is 4.14. The number of fused-ring (bicyclic) bond motifs is 1. The predicted octanol–water partition coefficient (Wildman–Crippen LogP) is 4.15. The Balaban J connectivity index is 1.94. The molecule has 6 heteroatoms. The van der Waals surface area contributed by atoms with E-state index in [9.17, 15) is 4.79 Å². The molecule has 2 aromatic carbocycles. The molecule has 0 aliphatic carbocycles. The summed E-state index contributed by atoms with van der Waals surface area (Å²) in [6.07, 6.45) is 0. The quantitative estimate of drug-likeness (QED) is 0.550. The van der Waals surface area contributed by atoms with Crippen LogP contribution in [0.25, 0.3) is 33.5 Å². The fourth-order valence-corrected chi connectivity index (χ4v) is 2.88. The summed E-state index contributed by atoms with van der Waals surface area (Å²) in [5.41, 5.74) is 7.85. The molecule has 2 N–H and O–H groups in total. The van der Waals surface area contributed by atoms with Gasteiger partial charge in [-0.3, -0.25) is 0 Å². The van der Waals surface area contributed by atoms with Gasteiger partial charge in [-0.15, -0.1) is 0 Å². The van der Waals surface area contributed by atoms with Crippen molar-refractivity contribution in [2.24, 2.45) is 0 Å². The van der Waals surface area contributed by atoms with Gasteiger partial charge in [0.2, 0.25) is 5.95 Å². The average molecular weight is 350 g/mol. The highest BCUT2D eigenvalue weighted by molar-refractivity contribution is 6.33. The van der Waals surface area contributed by atoms with Gasteiger partial charge >= 0.3 is 5.63 Å². The Morgan fingerprint density at radius 2 is 1.56 bits per heavy atom. The highest BCUT2D eigenvalue weighted by Crippen LogP contribution is 2.29. The van der Waals surface area contributed by atoms with E-state index in [0.29, 0.717) is 33.1 Å². The number of nitrogen functional groups attached to an aromatic ring is 1. The van der Waals surface area contributed by atoms with Crippen molar-refractivity contribution in [3.63, 3.8) is 0 Å². The fourth-order valence-electron chi connectivity index (χ4n) is 2.65. The second kappa shape index (κ2) is 6.03. The third-order valence-electron chi connectivity index (χ3n) is 3.81. The summed E-state index contributed by atoms with van der Waals surface area (Å²) in [4.78, 5) is 20.8. The topological polar surface area (TPSA) is 82.0 Å². The molecular weight excluding hydrogens is 338 g/mol. The molecule has 0 aliphatic rings. The summed E-state index contributed by atoms with van der Waals surface area (Å²) < 4.78 is 5.37. The third kappa shape index (κ3) is 2.86. The molecule has 0 radical (unpaired) electrons. The molecule has 0 saturated heterocycles. The Labute approximate surface area is 147 Å². The molecule has 2 aromatic heterocycles. The minimum absolute atomic E-state index is 0.0555. The van der Waals surface area contributed by atoms with Crippen molar-refractivity contribution in [2.75, 3.05) is 5.73 Å². The maximum atomic E-state index is 12.4. The van der Waals surface area contributed by atoms with Gasteiger partial charge in [-0.1, -0.05) is 48.0 Å². The van der Waals surface area contributed by atoms with Gasteiger partial charge in [-0.05, 0) is 24.3 Å². The lowest BCUT2D eigenvalue weighted by Gasteiger charge is -2.07. The summed E-state index contributed by atoms with van der Waals surface area (Å²) in [5.74, 6) is 0.0555. The molecule has 0 amide bonds. The zero-order chi connectivity index (χ0) is 17.4. The highest BCUT2D eigenvalue weighted by atomic mass is 35.5. The molecule has 0 saturated carbocycles. The lowest BCUT2D eigenvalue weighted by atomic mass is 10.1. The van der Waals surface area contributed by atoms with E-state index >= 15 is 0 Å². The monoisotopic (exact) mass is 349 g/mol. The molecule has 0 aliphatic heterocycles. The van der Waals surface area contributed by atoms with E-state index in [4.69, 9.17) is 21.8 Å². The zero-order valence-electron chi connectivity index (χ0n) is 12.9. The normalized spacial score (nSPS) is 10.9. The molecule has 5 nitrogen and oxygen atoms in total. The summed E-state index contributed by atoms with van der Waals surface area (Å²) in [6, 6.07) is 18.0. The predicted molar refractivity (Wildman–Crippen MR) is 98.4 cm³/mol. The second-order valence-electron chi connectivity index (χ2n) is 5.46. The number of benzene rings is 2. The van der Waals surface area contributed by atoms with E-state index in [2.05, 4.69) is 9.97 Å². The summed E-state index contributed by atoms with van der Waals surface area (Å²) in [6.45, 7) is 0. The number of anilines is 1. The van der Waals surface area contributed by atoms with Crippen LogP contribution in [0.1, 0.15) is 0 Å². The minimum Gasteiger partial charge on any atom is -0.422 e. The highest BCUT2D eigenvalue weighted by Gasteiger charge is 2.13. The molecule has 0 atom stereocenters. The van der Waals surface area contributed by atoms with Gasteiger partial charge in [0.1, 0.15) is 5.58 Å². The van der Waals surface area contributed by atoms with Crippen LogP contribution in [0.15, 0.2) is 69.9 Å². The molecule has 0 spiro atoms. The van der Waals surface area contributed by atoms with Crippen molar-refractivity contribution < 1.29 is 4.42 Å². The standard InChI is InChI=1S/C19H12ClN3O2/c20-14-7-3-2-6-12(14)15-10-16(23-19(21)22-15)13-9-11-5-1-4-8-17(11)25-18(13)24/h1-10H,(H2,21,22,23). The van der Waals surface area contributed by atoms with E-state index in [1.807, 2.05) is 36.4 Å². The van der Waals surface area contributed by atoms with Crippen LogP contribution in [0.4, 0.5) is 5.95 Å². The largest absolute Gasteiger partial charge is 0.422 e. The van der Waals surface area contributed by atoms with Crippen molar-refractivity contribution in [2.45, 2.75) is 0 Å². The number of para-hydroxylation sites is 1. The van der Waals surface area contributed by atoms with Crippen LogP contribution in [0.5, 0.6) is 0 Å². The van der Waals surface area contributed by atoms with Gasteiger partial charge in [-0.2, -0.15) is 0 Å². The van der Waals surface area contributed by atoms with Crippen LogP contribution in [0.2, 0.25) is 5.02 Å². The van der Waals surface area contributed by atoms with E-state index in [1.54, 1.807) is 24.3 Å². The Kier molecular flexibility index (Phi) is 3.71. The van der Waals surface area contributed by atoms with E-state index in [-0.39, 0.29) is 5.95 Å². The van der Waals surface area contributed by atoms with Gasteiger partial charge in [0, 0.05) is 16.0 Å². The number of nitrogens with zero attached hydrogens (tertiary/aromatic N) is 2. The first kappa shape index (κ1) is 15.4. The minimum atomic E-state index is -0.484. The number of hydrogen-bond donors (Lipinski definition) is 1. The molecule has 2 heterocycles. The van der Waals surface area contributed by atoms with Crippen molar-refractivity contribution in [3.05, 3.63) is 76.1 Å². The van der Waals surface area contributed by atoms with Crippen LogP contribution in [-0.2, 0) is 0 Å². The fraction of sp³-hybridized carbons (Fsp3) is 0. The van der Waals surface area contributed by atoms with Gasteiger partial charge < -0.3 is 10.2 Å². The number of aromatic nitrogens is 2. The zero-order valence-corrected chi connectivity index (χ0v) is 13.7. The van der Waals surface area contributed by atoms with Crippen LogP contribution < -0.4 is 11.4 Å². The number of halogens is 1. The molecule has 4 aromatic rings. The summed E-state index contributed by atoms with van der Waals surface area (Å²) in [5, 5.41) is 1.34. The lowest BCUT2D eigenvalue weighted by Crippen LogP contribution is -2.06. The Hall–Kier alpha value is -3.18. The summed E-state index contributed by atoms with van der Waals surface area (Å²) >= 11 is 6.24. The van der Waals surface area contributed by atoms with Gasteiger partial charge in [-0.25, -0.2) is 14.8 Å². The Bertz CT molecular complexity index is 1150. The molecule has 122 valence electrons. The molecule has 0 bridgehead atoms.